The van der Waals surface area contributed by atoms with E-state index in [1.165, 1.54) is 25.6 Å². The lowest BCUT2D eigenvalue weighted by Crippen LogP contribution is -2.10. The number of fused-ring (bicyclic) bond motifs is 2. The first-order valence-electron chi connectivity index (χ1n) is 8.76. The van der Waals surface area contributed by atoms with Gasteiger partial charge in [0.05, 0.1) is 19.9 Å². The van der Waals surface area contributed by atoms with Gasteiger partial charge in [-0.15, -0.1) is 11.3 Å². The zero-order chi connectivity index (χ0) is 20.0. The number of nitrogens with one attached hydrogen (secondary N) is 1. The highest BCUT2D eigenvalue weighted by Gasteiger charge is 2.36. The Kier molecular flexibility index (Phi) is 4.17. The summed E-state index contributed by atoms with van der Waals surface area (Å²) in [5, 5.41) is 5.72. The molecule has 0 fully saturated rings. The smallest absolute Gasteiger partial charge is 0.344 e. The van der Waals surface area contributed by atoms with E-state index >= 15 is 0 Å². The maximum atomic E-state index is 12.4. The molecule has 9 heteroatoms. The third kappa shape index (κ3) is 2.90. The first kappa shape index (κ1) is 17.6. The van der Waals surface area contributed by atoms with Crippen molar-refractivity contribution in [3.63, 3.8) is 0 Å². The Hall–Kier alpha value is -3.46. The molecule has 0 amide bonds. The van der Waals surface area contributed by atoms with Crippen LogP contribution in [0.25, 0.3) is 11.3 Å². The van der Waals surface area contributed by atoms with E-state index in [2.05, 4.69) is 10.3 Å². The molecule has 5 rings (SSSR count). The summed E-state index contributed by atoms with van der Waals surface area (Å²) in [4.78, 5) is 17.0. The molecule has 2 aromatic carbocycles. The highest BCUT2D eigenvalue weighted by Crippen LogP contribution is 2.43. The van der Waals surface area contributed by atoms with Gasteiger partial charge in [0.1, 0.15) is 5.56 Å². The number of benzene rings is 2. The number of hydrogen-bond acceptors (Lipinski definition) is 9. The summed E-state index contributed by atoms with van der Waals surface area (Å²) in [6.45, 7) is 0.226. The van der Waals surface area contributed by atoms with Gasteiger partial charge in [-0.3, -0.25) is 0 Å². The Morgan fingerprint density at radius 2 is 2.00 bits per heavy atom. The van der Waals surface area contributed by atoms with E-state index in [4.69, 9.17) is 23.7 Å². The van der Waals surface area contributed by atoms with E-state index in [9.17, 15) is 4.79 Å². The second kappa shape index (κ2) is 6.85. The van der Waals surface area contributed by atoms with Gasteiger partial charge in [0, 0.05) is 16.5 Å². The molecule has 2 aliphatic rings. The SMILES string of the molecule is COc1ccc2c(c1OC)C(=O)O[C@H]2Nc1nc(-c2ccc3c(c2)OCO3)cs1. The zero-order valence-corrected chi connectivity index (χ0v) is 16.4. The minimum atomic E-state index is -0.659. The van der Waals surface area contributed by atoms with Crippen molar-refractivity contribution in [3.8, 4) is 34.3 Å². The maximum Gasteiger partial charge on any atom is 0.344 e. The van der Waals surface area contributed by atoms with Gasteiger partial charge < -0.3 is 29.0 Å². The fraction of sp³-hybridized carbons (Fsp3) is 0.200. The van der Waals surface area contributed by atoms with Crippen LogP contribution in [0.4, 0.5) is 5.13 Å². The van der Waals surface area contributed by atoms with Crippen LogP contribution in [0, 0.1) is 0 Å². The first-order chi connectivity index (χ1) is 14.2. The van der Waals surface area contributed by atoms with Crippen molar-refractivity contribution >= 4 is 22.4 Å². The van der Waals surface area contributed by atoms with Crippen molar-refractivity contribution < 1.29 is 28.5 Å². The van der Waals surface area contributed by atoms with Gasteiger partial charge in [0.15, 0.2) is 28.1 Å². The van der Waals surface area contributed by atoms with E-state index in [1.54, 1.807) is 12.1 Å². The highest BCUT2D eigenvalue weighted by atomic mass is 32.1. The van der Waals surface area contributed by atoms with E-state index in [-0.39, 0.29) is 6.79 Å². The summed E-state index contributed by atoms with van der Waals surface area (Å²) in [5.74, 6) is 1.79. The third-order valence-electron chi connectivity index (χ3n) is 4.72. The number of nitrogens with zero attached hydrogens (tertiary/aromatic N) is 1. The average Bonchev–Trinajstić information content (AvgIpc) is 3.46. The molecule has 0 unspecified atom stereocenters. The zero-order valence-electron chi connectivity index (χ0n) is 15.6. The number of rotatable bonds is 5. The van der Waals surface area contributed by atoms with Crippen molar-refractivity contribution in [2.45, 2.75) is 6.23 Å². The van der Waals surface area contributed by atoms with Crippen LogP contribution in [0.2, 0.25) is 0 Å². The summed E-state index contributed by atoms with van der Waals surface area (Å²) in [6.07, 6.45) is -0.659. The third-order valence-corrected chi connectivity index (χ3v) is 5.49. The average molecular weight is 412 g/mol. The van der Waals surface area contributed by atoms with Crippen molar-refractivity contribution in [1.82, 2.24) is 4.98 Å². The van der Waals surface area contributed by atoms with E-state index in [0.29, 0.717) is 33.5 Å². The molecule has 1 atom stereocenters. The molecular weight excluding hydrogens is 396 g/mol. The maximum absolute atomic E-state index is 12.4. The first-order valence-corrected chi connectivity index (χ1v) is 9.64. The second-order valence-corrected chi connectivity index (χ2v) is 7.16. The number of aromatic nitrogens is 1. The summed E-state index contributed by atoms with van der Waals surface area (Å²) >= 11 is 1.42. The summed E-state index contributed by atoms with van der Waals surface area (Å²) in [7, 11) is 3.01. The number of anilines is 1. The van der Waals surface area contributed by atoms with Gasteiger partial charge in [0.2, 0.25) is 13.0 Å². The highest BCUT2D eigenvalue weighted by molar-refractivity contribution is 7.14. The molecule has 1 N–H and O–H groups in total. The lowest BCUT2D eigenvalue weighted by molar-refractivity contribution is 0.0435. The monoisotopic (exact) mass is 412 g/mol. The number of ether oxygens (including phenoxy) is 5. The van der Waals surface area contributed by atoms with Gasteiger partial charge in [-0.1, -0.05) is 0 Å². The largest absolute Gasteiger partial charge is 0.493 e. The van der Waals surface area contributed by atoms with Crippen LogP contribution in [0.5, 0.6) is 23.0 Å². The topological polar surface area (TPSA) is 88.1 Å². The molecule has 0 spiro atoms. The second-order valence-electron chi connectivity index (χ2n) is 6.30. The Morgan fingerprint density at radius 1 is 1.14 bits per heavy atom. The van der Waals surface area contributed by atoms with Crippen LogP contribution >= 0.6 is 11.3 Å². The Bertz CT molecular complexity index is 1110. The van der Waals surface area contributed by atoms with Gasteiger partial charge in [-0.25, -0.2) is 9.78 Å². The molecule has 0 bridgehead atoms. The molecule has 29 heavy (non-hydrogen) atoms. The molecule has 3 heterocycles. The van der Waals surface area contributed by atoms with Crippen molar-refractivity contribution in [2.24, 2.45) is 0 Å². The molecule has 0 radical (unpaired) electrons. The Labute approximate surface area is 169 Å². The minimum Gasteiger partial charge on any atom is -0.493 e. The number of methoxy groups -OCH3 is 2. The molecule has 0 saturated carbocycles. The van der Waals surface area contributed by atoms with Crippen molar-refractivity contribution in [1.29, 1.82) is 0 Å². The van der Waals surface area contributed by atoms with E-state index in [0.717, 1.165) is 17.0 Å². The molecule has 1 aromatic heterocycles. The fourth-order valence-corrected chi connectivity index (χ4v) is 4.09. The van der Waals surface area contributed by atoms with Crippen molar-refractivity contribution in [2.75, 3.05) is 26.3 Å². The number of esters is 1. The van der Waals surface area contributed by atoms with E-state index in [1.807, 2.05) is 23.6 Å². The Morgan fingerprint density at radius 3 is 2.83 bits per heavy atom. The lowest BCUT2D eigenvalue weighted by Gasteiger charge is -2.13. The molecule has 148 valence electrons. The number of thiazole rings is 1. The van der Waals surface area contributed by atoms with Gasteiger partial charge in [0.25, 0.3) is 0 Å². The normalized spacial score (nSPS) is 16.3. The molecule has 0 aliphatic carbocycles. The number of hydrogen-bond donors (Lipinski definition) is 1. The fourth-order valence-electron chi connectivity index (χ4n) is 3.35. The van der Waals surface area contributed by atoms with Crippen LogP contribution < -0.4 is 24.3 Å². The van der Waals surface area contributed by atoms with Gasteiger partial charge >= 0.3 is 5.97 Å². The van der Waals surface area contributed by atoms with Crippen LogP contribution in [0.1, 0.15) is 22.1 Å². The quantitative estimate of drug-likeness (QED) is 0.633. The van der Waals surface area contributed by atoms with Crippen LogP contribution in [-0.2, 0) is 4.74 Å². The number of carbonyl (C=O) groups is 1. The predicted octanol–water partition coefficient (Wildman–Crippen LogP) is 3.84. The molecule has 3 aromatic rings. The summed E-state index contributed by atoms with van der Waals surface area (Å²) in [5.41, 5.74) is 2.73. The minimum absolute atomic E-state index is 0.226. The number of carbonyl (C=O) groups excluding carboxylic acids is 1. The Balaban J connectivity index is 1.41. The molecule has 2 aliphatic heterocycles. The standard InChI is InChI=1S/C20H16N2O6S/c1-24-14-6-4-11-16(17(14)25-2)19(23)28-18(11)22-20-21-12(8-29-20)10-3-5-13-15(7-10)27-9-26-13/h3-8,18H,9H2,1-2H3,(H,21,22)/t18-/m1/s1. The molecular formula is C20H16N2O6S. The molecule has 0 saturated heterocycles. The summed E-state index contributed by atoms with van der Waals surface area (Å²) < 4.78 is 26.9. The summed E-state index contributed by atoms with van der Waals surface area (Å²) in [6, 6.07) is 9.20. The lowest BCUT2D eigenvalue weighted by atomic mass is 10.1. The predicted molar refractivity (Wildman–Crippen MR) is 105 cm³/mol. The van der Waals surface area contributed by atoms with Gasteiger partial charge in [-0.2, -0.15) is 0 Å². The van der Waals surface area contributed by atoms with Crippen molar-refractivity contribution in [3.05, 3.63) is 46.8 Å². The van der Waals surface area contributed by atoms with Crippen LogP contribution in [-0.4, -0.2) is 32.0 Å². The van der Waals surface area contributed by atoms with E-state index < -0.39 is 12.2 Å². The van der Waals surface area contributed by atoms with Gasteiger partial charge in [-0.05, 0) is 30.3 Å². The van der Waals surface area contributed by atoms with Crippen LogP contribution in [0.3, 0.4) is 0 Å². The number of cyclic esters (lactones) is 1. The molecule has 8 nitrogen and oxygen atoms in total. The van der Waals surface area contributed by atoms with Crippen LogP contribution in [0.15, 0.2) is 35.7 Å².